The van der Waals surface area contributed by atoms with Crippen molar-refractivity contribution in [3.8, 4) is 0 Å². The van der Waals surface area contributed by atoms with Gasteiger partial charge in [-0.15, -0.1) is 0 Å². The number of nitrogens with two attached hydrogens (primary N) is 1. The van der Waals surface area contributed by atoms with E-state index < -0.39 is 0 Å². The fraction of sp³-hybridized carbons (Fsp3) is 0.769. The van der Waals surface area contributed by atoms with Crippen LogP contribution in [-0.2, 0) is 6.54 Å². The molecule has 0 spiro atoms. The third-order valence-electron chi connectivity index (χ3n) is 3.81. The van der Waals surface area contributed by atoms with Gasteiger partial charge < -0.3 is 15.6 Å². The summed E-state index contributed by atoms with van der Waals surface area (Å²) < 4.78 is 2.17. The normalized spacial score (nSPS) is 26.3. The highest BCUT2D eigenvalue weighted by atomic mass is 15.1. The van der Waals surface area contributed by atoms with Gasteiger partial charge in [-0.3, -0.25) is 0 Å². The molecule has 0 saturated heterocycles. The topological polar surface area (TPSA) is 55.9 Å². The van der Waals surface area contributed by atoms with Crippen molar-refractivity contribution in [3.05, 3.63) is 18.2 Å². The Bertz CT molecular complexity index is 347. The molecule has 0 aromatic carbocycles. The molecule has 17 heavy (non-hydrogen) atoms. The molecule has 1 aromatic rings. The molecule has 2 rings (SSSR count). The highest BCUT2D eigenvalue weighted by molar-refractivity contribution is 5.07. The van der Waals surface area contributed by atoms with Crippen LogP contribution in [0.25, 0.3) is 0 Å². The average Bonchev–Trinajstić information content (AvgIpc) is 2.94. The van der Waals surface area contributed by atoms with Crippen LogP contribution in [0.3, 0.4) is 0 Å². The molecule has 0 radical (unpaired) electrons. The van der Waals surface area contributed by atoms with E-state index in [4.69, 9.17) is 5.73 Å². The van der Waals surface area contributed by atoms with Crippen molar-refractivity contribution in [1.29, 1.82) is 0 Å². The number of aryl methyl sites for hydroxylation is 1. The minimum Gasteiger partial charge on any atom is -0.333 e. The fourth-order valence-electron chi connectivity index (χ4n) is 2.80. The predicted octanol–water partition coefficient (Wildman–Crippen LogP) is 1.68. The summed E-state index contributed by atoms with van der Waals surface area (Å²) in [6.45, 7) is 6.05. The van der Waals surface area contributed by atoms with Gasteiger partial charge in [-0.25, -0.2) is 4.98 Å². The first-order chi connectivity index (χ1) is 8.24. The van der Waals surface area contributed by atoms with E-state index in [2.05, 4.69) is 28.7 Å². The van der Waals surface area contributed by atoms with Crippen LogP contribution in [0.15, 0.2) is 12.5 Å². The number of rotatable bonds is 5. The second-order valence-corrected chi connectivity index (χ2v) is 5.17. The molecule has 0 amide bonds. The maximum absolute atomic E-state index is 5.90. The Morgan fingerprint density at radius 3 is 3.00 bits per heavy atom. The van der Waals surface area contributed by atoms with E-state index in [0.29, 0.717) is 12.6 Å². The number of aromatic nitrogens is 2. The quantitative estimate of drug-likeness (QED) is 0.818. The Morgan fingerprint density at radius 1 is 1.59 bits per heavy atom. The highest BCUT2D eigenvalue weighted by Crippen LogP contribution is 2.26. The molecule has 1 aliphatic carbocycles. The number of nitrogens with one attached hydrogen (secondary N) is 1. The molecular weight excluding hydrogens is 212 g/mol. The number of hydrogen-bond acceptors (Lipinski definition) is 3. The minimum absolute atomic E-state index is 0.243. The van der Waals surface area contributed by atoms with Gasteiger partial charge in [0.1, 0.15) is 0 Å². The van der Waals surface area contributed by atoms with Gasteiger partial charge in [-0.05, 0) is 32.1 Å². The van der Waals surface area contributed by atoms with E-state index in [0.717, 1.165) is 12.5 Å². The van der Waals surface area contributed by atoms with E-state index in [1.807, 2.05) is 12.5 Å². The summed E-state index contributed by atoms with van der Waals surface area (Å²) in [7, 11) is 0. The van der Waals surface area contributed by atoms with Crippen LogP contribution in [0.4, 0.5) is 0 Å². The van der Waals surface area contributed by atoms with Crippen LogP contribution in [-0.4, -0.2) is 22.1 Å². The van der Waals surface area contributed by atoms with Crippen LogP contribution in [0.1, 0.15) is 44.8 Å². The molecule has 1 aliphatic rings. The minimum atomic E-state index is 0.243. The summed E-state index contributed by atoms with van der Waals surface area (Å²) in [5.74, 6) is 0.849. The van der Waals surface area contributed by atoms with Gasteiger partial charge in [0.2, 0.25) is 0 Å². The highest BCUT2D eigenvalue weighted by Gasteiger charge is 2.24. The molecule has 0 aliphatic heterocycles. The summed E-state index contributed by atoms with van der Waals surface area (Å²) in [5, 5.41) is 3.69. The lowest BCUT2D eigenvalue weighted by Crippen LogP contribution is -2.36. The van der Waals surface area contributed by atoms with Crippen LogP contribution in [0.5, 0.6) is 0 Å². The van der Waals surface area contributed by atoms with Crippen molar-refractivity contribution in [3.63, 3.8) is 0 Å². The van der Waals surface area contributed by atoms with Gasteiger partial charge in [0.15, 0.2) is 0 Å². The smallest absolute Gasteiger partial charge is 0.0948 e. The summed E-state index contributed by atoms with van der Waals surface area (Å²) in [5.41, 5.74) is 7.11. The van der Waals surface area contributed by atoms with Crippen molar-refractivity contribution in [1.82, 2.24) is 14.9 Å². The SMILES string of the molecule is CCn1cncc1C(CN)NC1CCC(C)C1. The largest absolute Gasteiger partial charge is 0.333 e. The van der Waals surface area contributed by atoms with E-state index >= 15 is 0 Å². The maximum atomic E-state index is 5.90. The molecule has 1 heterocycles. The Kier molecular flexibility index (Phi) is 4.18. The van der Waals surface area contributed by atoms with E-state index in [1.165, 1.54) is 25.0 Å². The molecule has 3 N–H and O–H groups in total. The first-order valence-corrected chi connectivity index (χ1v) is 6.70. The number of imidazole rings is 1. The van der Waals surface area contributed by atoms with Crippen molar-refractivity contribution in [2.24, 2.45) is 11.7 Å². The lowest BCUT2D eigenvalue weighted by Gasteiger charge is -2.22. The van der Waals surface area contributed by atoms with Crippen LogP contribution < -0.4 is 11.1 Å². The van der Waals surface area contributed by atoms with E-state index in [1.54, 1.807) is 0 Å². The fourth-order valence-corrected chi connectivity index (χ4v) is 2.80. The lowest BCUT2D eigenvalue weighted by molar-refractivity contribution is 0.418. The zero-order valence-electron chi connectivity index (χ0n) is 10.9. The number of nitrogens with zero attached hydrogens (tertiary/aromatic N) is 2. The molecule has 96 valence electrons. The Morgan fingerprint density at radius 2 is 2.41 bits per heavy atom. The Hall–Kier alpha value is -0.870. The third kappa shape index (κ3) is 2.87. The predicted molar refractivity (Wildman–Crippen MR) is 69.6 cm³/mol. The molecule has 0 bridgehead atoms. The Balaban J connectivity index is 2.01. The van der Waals surface area contributed by atoms with Gasteiger partial charge in [-0.2, -0.15) is 0 Å². The van der Waals surface area contributed by atoms with Gasteiger partial charge >= 0.3 is 0 Å². The summed E-state index contributed by atoms with van der Waals surface area (Å²) in [4.78, 5) is 4.22. The molecule has 3 unspecified atom stereocenters. The maximum Gasteiger partial charge on any atom is 0.0948 e. The van der Waals surface area contributed by atoms with Crippen LogP contribution in [0.2, 0.25) is 0 Å². The summed E-state index contributed by atoms with van der Waals surface area (Å²) in [6.07, 6.45) is 7.71. The lowest BCUT2D eigenvalue weighted by atomic mass is 10.1. The van der Waals surface area contributed by atoms with E-state index in [9.17, 15) is 0 Å². The molecule has 1 saturated carbocycles. The number of hydrogen-bond donors (Lipinski definition) is 2. The molecular formula is C13H24N4. The zero-order chi connectivity index (χ0) is 12.3. The van der Waals surface area contributed by atoms with Gasteiger partial charge in [0.05, 0.1) is 18.1 Å². The van der Waals surface area contributed by atoms with Crippen LogP contribution >= 0.6 is 0 Å². The monoisotopic (exact) mass is 236 g/mol. The second kappa shape index (κ2) is 5.65. The first-order valence-electron chi connectivity index (χ1n) is 6.70. The molecule has 1 aromatic heterocycles. The molecule has 3 atom stereocenters. The zero-order valence-corrected chi connectivity index (χ0v) is 10.9. The first kappa shape index (κ1) is 12.6. The molecule has 4 nitrogen and oxygen atoms in total. The van der Waals surface area contributed by atoms with Crippen molar-refractivity contribution in [2.75, 3.05) is 6.54 Å². The summed E-state index contributed by atoms with van der Waals surface area (Å²) in [6, 6.07) is 0.867. The Labute approximate surface area is 104 Å². The van der Waals surface area contributed by atoms with Gasteiger partial charge in [-0.1, -0.05) is 6.92 Å². The second-order valence-electron chi connectivity index (χ2n) is 5.17. The molecule has 4 heteroatoms. The average molecular weight is 236 g/mol. The standard InChI is InChI=1S/C13H24N4/c1-3-17-9-15-8-13(17)12(7-14)16-11-5-4-10(2)6-11/h8-12,16H,3-7,14H2,1-2H3. The van der Waals surface area contributed by atoms with E-state index in [-0.39, 0.29) is 6.04 Å². The molecule has 1 fully saturated rings. The van der Waals surface area contributed by atoms with Crippen molar-refractivity contribution in [2.45, 2.75) is 51.7 Å². The van der Waals surface area contributed by atoms with Gasteiger partial charge in [0, 0.05) is 25.3 Å². The summed E-state index contributed by atoms with van der Waals surface area (Å²) >= 11 is 0. The van der Waals surface area contributed by atoms with Crippen molar-refractivity contribution < 1.29 is 0 Å². The van der Waals surface area contributed by atoms with Gasteiger partial charge in [0.25, 0.3) is 0 Å². The van der Waals surface area contributed by atoms with Crippen molar-refractivity contribution >= 4 is 0 Å². The third-order valence-corrected chi connectivity index (χ3v) is 3.81. The van der Waals surface area contributed by atoms with Crippen LogP contribution in [0, 0.1) is 5.92 Å².